The number of hydrogen-bond acceptors (Lipinski definition) is 2. The Labute approximate surface area is 92.4 Å². The van der Waals surface area contributed by atoms with Crippen LogP contribution in [0.2, 0.25) is 0 Å². The van der Waals surface area contributed by atoms with Crippen LogP contribution in [-0.2, 0) is 11.1 Å². The van der Waals surface area contributed by atoms with E-state index in [-0.39, 0.29) is 0 Å². The summed E-state index contributed by atoms with van der Waals surface area (Å²) in [5.41, 5.74) is 0. The molecule has 1 unspecified atom stereocenters. The van der Waals surface area contributed by atoms with E-state index in [0.29, 0.717) is 4.90 Å². The van der Waals surface area contributed by atoms with E-state index in [0.717, 1.165) is 15.2 Å². The van der Waals surface area contributed by atoms with Gasteiger partial charge in [-0.3, -0.25) is 4.21 Å². The molecule has 2 aromatic rings. The minimum Gasteiger partial charge on any atom is -0.768 e. The summed E-state index contributed by atoms with van der Waals surface area (Å²) in [6.07, 6.45) is 0. The van der Waals surface area contributed by atoms with Gasteiger partial charge < -0.3 is 4.55 Å². The molecule has 2 nitrogen and oxygen atoms in total. The summed E-state index contributed by atoms with van der Waals surface area (Å²) in [4.78, 5) is 0.343. The molecule has 0 aliphatic heterocycles. The van der Waals surface area contributed by atoms with Crippen LogP contribution in [0, 0.1) is 0 Å². The highest BCUT2D eigenvalue weighted by molar-refractivity contribution is 9.10. The average molecular weight is 270 g/mol. The van der Waals surface area contributed by atoms with Crippen molar-refractivity contribution in [2.45, 2.75) is 4.90 Å². The predicted molar refractivity (Wildman–Crippen MR) is 58.8 cm³/mol. The SMILES string of the molecule is O=S([O-])c1cccc2cc(Br)ccc12. The van der Waals surface area contributed by atoms with Crippen LogP contribution >= 0.6 is 15.9 Å². The molecule has 0 N–H and O–H groups in total. The fraction of sp³-hybridized carbons (Fsp3) is 0. The van der Waals surface area contributed by atoms with E-state index in [1.165, 1.54) is 0 Å². The topological polar surface area (TPSA) is 40.1 Å². The first-order chi connectivity index (χ1) is 6.68. The molecule has 2 rings (SSSR count). The fourth-order valence-corrected chi connectivity index (χ4v) is 2.30. The first kappa shape index (κ1) is 9.83. The van der Waals surface area contributed by atoms with Crippen molar-refractivity contribution in [3.05, 3.63) is 40.9 Å². The molecule has 0 saturated carbocycles. The molecule has 4 heteroatoms. The van der Waals surface area contributed by atoms with E-state index in [1.807, 2.05) is 18.2 Å². The zero-order chi connectivity index (χ0) is 10.1. The number of hydrogen-bond donors (Lipinski definition) is 0. The molecule has 0 aliphatic carbocycles. The number of halogens is 1. The molecule has 0 spiro atoms. The molecule has 0 fully saturated rings. The molecule has 0 radical (unpaired) electrons. The van der Waals surface area contributed by atoms with Gasteiger partial charge in [0.15, 0.2) is 0 Å². The molecule has 0 aromatic heterocycles. The molecule has 0 aliphatic rings. The molecule has 0 bridgehead atoms. The zero-order valence-electron chi connectivity index (χ0n) is 7.07. The molecule has 2 aromatic carbocycles. The molecular weight excluding hydrogens is 264 g/mol. The van der Waals surface area contributed by atoms with Gasteiger partial charge in [0, 0.05) is 9.37 Å². The Hall–Kier alpha value is -0.710. The van der Waals surface area contributed by atoms with Gasteiger partial charge >= 0.3 is 0 Å². The van der Waals surface area contributed by atoms with Crippen LogP contribution in [0.25, 0.3) is 10.8 Å². The first-order valence-electron chi connectivity index (χ1n) is 3.96. The van der Waals surface area contributed by atoms with Gasteiger partial charge in [-0.1, -0.05) is 34.1 Å². The van der Waals surface area contributed by atoms with Crippen LogP contribution in [0.15, 0.2) is 45.8 Å². The lowest BCUT2D eigenvalue weighted by Crippen LogP contribution is -1.89. The van der Waals surface area contributed by atoms with Gasteiger partial charge in [0.2, 0.25) is 0 Å². The van der Waals surface area contributed by atoms with Crippen LogP contribution < -0.4 is 0 Å². The lowest BCUT2D eigenvalue weighted by atomic mass is 10.1. The van der Waals surface area contributed by atoms with Crippen molar-refractivity contribution in [1.82, 2.24) is 0 Å². The molecule has 0 heterocycles. The normalized spacial score (nSPS) is 13.0. The Morgan fingerprint density at radius 3 is 2.71 bits per heavy atom. The highest BCUT2D eigenvalue weighted by Gasteiger charge is 2.00. The molecule has 1 atom stereocenters. The number of fused-ring (bicyclic) bond motifs is 1. The Morgan fingerprint density at radius 1 is 1.21 bits per heavy atom. The average Bonchev–Trinajstić information content (AvgIpc) is 2.16. The lowest BCUT2D eigenvalue weighted by Gasteiger charge is -2.08. The Bertz CT molecular complexity index is 510. The van der Waals surface area contributed by atoms with Crippen LogP contribution in [-0.4, -0.2) is 8.76 Å². The lowest BCUT2D eigenvalue weighted by molar-refractivity contribution is 0.538. The van der Waals surface area contributed by atoms with Gasteiger partial charge in [0.25, 0.3) is 0 Å². The zero-order valence-corrected chi connectivity index (χ0v) is 9.47. The molecular formula is C10H6BrO2S-. The van der Waals surface area contributed by atoms with Crippen LogP contribution in [0.5, 0.6) is 0 Å². The van der Waals surface area contributed by atoms with Crippen molar-refractivity contribution < 1.29 is 8.76 Å². The van der Waals surface area contributed by atoms with Crippen molar-refractivity contribution in [3.63, 3.8) is 0 Å². The minimum absolute atomic E-state index is 0.343. The molecule has 14 heavy (non-hydrogen) atoms. The molecule has 0 saturated heterocycles. The van der Waals surface area contributed by atoms with Gasteiger partial charge in [-0.25, -0.2) is 0 Å². The Morgan fingerprint density at radius 2 is 2.00 bits per heavy atom. The fourth-order valence-electron chi connectivity index (χ4n) is 1.37. The Kier molecular flexibility index (Phi) is 2.67. The van der Waals surface area contributed by atoms with E-state index in [2.05, 4.69) is 15.9 Å². The third kappa shape index (κ3) is 1.73. The molecule has 0 amide bonds. The second-order valence-electron chi connectivity index (χ2n) is 2.86. The summed E-state index contributed by atoms with van der Waals surface area (Å²) in [6, 6.07) is 10.7. The van der Waals surface area contributed by atoms with Gasteiger partial charge in [0.05, 0.1) is 0 Å². The largest absolute Gasteiger partial charge is 0.768 e. The monoisotopic (exact) mass is 269 g/mol. The van der Waals surface area contributed by atoms with Crippen LogP contribution in [0.4, 0.5) is 0 Å². The number of benzene rings is 2. The second kappa shape index (κ2) is 3.81. The summed E-state index contributed by atoms with van der Waals surface area (Å²) in [7, 11) is 0. The smallest absolute Gasteiger partial charge is 0.0327 e. The minimum atomic E-state index is -2.18. The van der Waals surface area contributed by atoms with E-state index in [4.69, 9.17) is 0 Å². The number of rotatable bonds is 1. The van der Waals surface area contributed by atoms with Gasteiger partial charge in [-0.05, 0) is 40.1 Å². The van der Waals surface area contributed by atoms with Gasteiger partial charge in [-0.2, -0.15) is 0 Å². The third-order valence-electron chi connectivity index (χ3n) is 1.98. The molecule has 72 valence electrons. The van der Waals surface area contributed by atoms with Crippen molar-refractivity contribution in [2.24, 2.45) is 0 Å². The van der Waals surface area contributed by atoms with Crippen molar-refractivity contribution in [2.75, 3.05) is 0 Å². The summed E-state index contributed by atoms with van der Waals surface area (Å²) >= 11 is 1.16. The van der Waals surface area contributed by atoms with E-state index in [1.54, 1.807) is 18.2 Å². The summed E-state index contributed by atoms with van der Waals surface area (Å²) in [5, 5.41) is 1.67. The standard InChI is InChI=1S/C10H7BrO2S/c11-8-4-5-9-7(6-8)2-1-3-10(9)14(12)13/h1-6H,(H,12,13)/p-1. The van der Waals surface area contributed by atoms with E-state index < -0.39 is 11.1 Å². The maximum Gasteiger partial charge on any atom is 0.0327 e. The van der Waals surface area contributed by atoms with E-state index in [9.17, 15) is 8.76 Å². The van der Waals surface area contributed by atoms with Crippen molar-refractivity contribution in [1.29, 1.82) is 0 Å². The Balaban J connectivity index is 2.81. The third-order valence-corrected chi connectivity index (χ3v) is 3.19. The van der Waals surface area contributed by atoms with Crippen LogP contribution in [0.3, 0.4) is 0 Å². The quantitative estimate of drug-likeness (QED) is 0.747. The highest BCUT2D eigenvalue weighted by Crippen LogP contribution is 2.24. The maximum atomic E-state index is 10.9. The van der Waals surface area contributed by atoms with Crippen molar-refractivity contribution >= 4 is 37.8 Å². The highest BCUT2D eigenvalue weighted by atomic mass is 79.9. The van der Waals surface area contributed by atoms with Gasteiger partial charge in [-0.15, -0.1) is 0 Å². The maximum absolute atomic E-state index is 10.9. The predicted octanol–water partition coefficient (Wildman–Crippen LogP) is 2.84. The summed E-state index contributed by atoms with van der Waals surface area (Å²) in [5.74, 6) is 0. The van der Waals surface area contributed by atoms with Crippen LogP contribution in [0.1, 0.15) is 0 Å². The van der Waals surface area contributed by atoms with Gasteiger partial charge in [0.1, 0.15) is 0 Å². The van der Waals surface area contributed by atoms with Crippen molar-refractivity contribution in [3.8, 4) is 0 Å². The second-order valence-corrected chi connectivity index (χ2v) is 4.68. The van der Waals surface area contributed by atoms with E-state index >= 15 is 0 Å². The summed E-state index contributed by atoms with van der Waals surface area (Å²) < 4.78 is 22.7. The summed E-state index contributed by atoms with van der Waals surface area (Å²) in [6.45, 7) is 0. The first-order valence-corrected chi connectivity index (χ1v) is 5.83.